The van der Waals surface area contributed by atoms with E-state index < -0.39 is 16.1 Å². The maximum atomic E-state index is 12.8. The number of nitrogens with two attached hydrogens (primary N) is 1. The summed E-state index contributed by atoms with van der Waals surface area (Å²) >= 11 is 0. The zero-order valence-electron chi connectivity index (χ0n) is 11.8. The lowest BCUT2D eigenvalue weighted by atomic mass is 10.1. The van der Waals surface area contributed by atoms with Gasteiger partial charge in [0.1, 0.15) is 10.9 Å². The zero-order chi connectivity index (χ0) is 15.1. The van der Waals surface area contributed by atoms with Crippen LogP contribution < -0.4 is 11.1 Å². The molecule has 0 radical (unpaired) electrons. The molecule has 1 heterocycles. The fourth-order valence-corrected chi connectivity index (χ4v) is 4.35. The van der Waals surface area contributed by atoms with E-state index in [0.29, 0.717) is 12.1 Å². The van der Waals surface area contributed by atoms with Crippen LogP contribution in [0.1, 0.15) is 18.1 Å². The second kappa shape index (κ2) is 5.06. The van der Waals surface area contributed by atoms with Gasteiger partial charge in [0.05, 0.1) is 5.69 Å². The van der Waals surface area contributed by atoms with Crippen LogP contribution in [0.2, 0.25) is 0 Å². The molecule has 0 bridgehead atoms. The van der Waals surface area contributed by atoms with Gasteiger partial charge in [0.2, 0.25) is 15.9 Å². The summed E-state index contributed by atoms with van der Waals surface area (Å²) in [4.78, 5) is 11.8. The number of nitrogens with zero attached hydrogens (tertiary/aromatic N) is 1. The van der Waals surface area contributed by atoms with Crippen LogP contribution in [0.3, 0.4) is 0 Å². The first-order valence-corrected chi connectivity index (χ1v) is 7.86. The fourth-order valence-electron chi connectivity index (χ4n) is 2.36. The number of hydrogen-bond donors (Lipinski definition) is 2. The van der Waals surface area contributed by atoms with E-state index >= 15 is 0 Å². The van der Waals surface area contributed by atoms with Crippen molar-refractivity contribution in [1.82, 2.24) is 9.62 Å². The topological polar surface area (TPSA) is 92.5 Å². The summed E-state index contributed by atoms with van der Waals surface area (Å²) < 4.78 is 26.8. The minimum absolute atomic E-state index is 0.110. The Morgan fingerprint density at radius 1 is 1.35 bits per heavy atom. The quantitative estimate of drug-likeness (QED) is 0.773. The Morgan fingerprint density at radius 3 is 2.65 bits per heavy atom. The van der Waals surface area contributed by atoms with Crippen molar-refractivity contribution in [2.75, 3.05) is 18.8 Å². The smallest absolute Gasteiger partial charge is 0.246 e. The SMILES string of the molecule is Cc1ccc(N)c(S(=O)(=O)N2CCNC(=O)C2C)c1C. The molecule has 1 aromatic rings. The van der Waals surface area contributed by atoms with E-state index in [1.807, 2.05) is 6.92 Å². The van der Waals surface area contributed by atoms with Crippen molar-refractivity contribution in [3.8, 4) is 0 Å². The summed E-state index contributed by atoms with van der Waals surface area (Å²) in [7, 11) is -3.78. The van der Waals surface area contributed by atoms with Gasteiger partial charge in [-0.15, -0.1) is 0 Å². The Morgan fingerprint density at radius 2 is 2.00 bits per heavy atom. The average molecular weight is 297 g/mol. The van der Waals surface area contributed by atoms with Crippen molar-refractivity contribution in [3.63, 3.8) is 0 Å². The third-order valence-corrected chi connectivity index (χ3v) is 5.89. The Balaban J connectivity index is 2.56. The number of nitrogen functional groups attached to an aromatic ring is 1. The maximum absolute atomic E-state index is 12.8. The standard InChI is InChI=1S/C13H19N3O3S/c1-8-4-5-11(14)12(9(8)2)20(18,19)16-7-6-15-13(17)10(16)3/h4-5,10H,6-7,14H2,1-3H3,(H,15,17). The summed E-state index contributed by atoms with van der Waals surface area (Å²) in [6, 6.07) is 2.65. The first-order valence-electron chi connectivity index (χ1n) is 6.42. The van der Waals surface area contributed by atoms with E-state index in [2.05, 4.69) is 5.32 Å². The first-order chi connectivity index (χ1) is 9.26. The summed E-state index contributed by atoms with van der Waals surface area (Å²) in [6.07, 6.45) is 0. The Labute approximate surface area is 119 Å². The lowest BCUT2D eigenvalue weighted by Gasteiger charge is -2.32. The monoisotopic (exact) mass is 297 g/mol. The third kappa shape index (κ3) is 2.27. The molecule has 1 fully saturated rings. The molecule has 1 aliphatic rings. The predicted octanol–water partition coefficient (Wildman–Crippen LogP) is 0.395. The van der Waals surface area contributed by atoms with Crippen LogP contribution in [0.4, 0.5) is 5.69 Å². The molecule has 1 saturated heterocycles. The molecule has 7 heteroatoms. The van der Waals surface area contributed by atoms with Gasteiger partial charge in [0.15, 0.2) is 0 Å². The summed E-state index contributed by atoms with van der Waals surface area (Å²) in [6.45, 7) is 5.70. The largest absolute Gasteiger partial charge is 0.398 e. The first kappa shape index (κ1) is 14.8. The van der Waals surface area contributed by atoms with Gasteiger partial charge in [-0.25, -0.2) is 8.42 Å². The molecular formula is C13H19N3O3S. The van der Waals surface area contributed by atoms with Crippen molar-refractivity contribution in [1.29, 1.82) is 0 Å². The van der Waals surface area contributed by atoms with Crippen molar-refractivity contribution in [2.45, 2.75) is 31.7 Å². The van der Waals surface area contributed by atoms with E-state index in [1.54, 1.807) is 26.0 Å². The van der Waals surface area contributed by atoms with Crippen molar-refractivity contribution in [2.24, 2.45) is 0 Å². The number of carbonyl (C=O) groups is 1. The van der Waals surface area contributed by atoms with Crippen molar-refractivity contribution in [3.05, 3.63) is 23.3 Å². The Bertz CT molecular complexity index is 655. The molecule has 3 N–H and O–H groups in total. The minimum atomic E-state index is -3.78. The highest BCUT2D eigenvalue weighted by molar-refractivity contribution is 7.89. The minimum Gasteiger partial charge on any atom is -0.398 e. The van der Waals surface area contributed by atoms with E-state index in [1.165, 1.54) is 4.31 Å². The highest BCUT2D eigenvalue weighted by Crippen LogP contribution is 2.29. The van der Waals surface area contributed by atoms with Crippen LogP contribution in [0.25, 0.3) is 0 Å². The normalized spacial score (nSPS) is 20.8. The molecule has 1 atom stereocenters. The van der Waals surface area contributed by atoms with Gasteiger partial charge >= 0.3 is 0 Å². The lowest BCUT2D eigenvalue weighted by Crippen LogP contribution is -2.55. The van der Waals surface area contributed by atoms with E-state index in [0.717, 1.165) is 5.56 Å². The van der Waals surface area contributed by atoms with E-state index in [4.69, 9.17) is 5.73 Å². The molecule has 0 aliphatic carbocycles. The number of benzene rings is 1. The Kier molecular flexibility index (Phi) is 3.75. The average Bonchev–Trinajstić information content (AvgIpc) is 2.37. The lowest BCUT2D eigenvalue weighted by molar-refractivity contribution is -0.126. The number of hydrogen-bond acceptors (Lipinski definition) is 4. The highest BCUT2D eigenvalue weighted by atomic mass is 32.2. The second-order valence-electron chi connectivity index (χ2n) is 5.01. The van der Waals surface area contributed by atoms with Gasteiger partial charge in [-0.1, -0.05) is 6.07 Å². The number of nitrogens with one attached hydrogen (secondary N) is 1. The molecule has 1 amide bonds. The van der Waals surface area contributed by atoms with Crippen LogP contribution in [-0.4, -0.2) is 37.8 Å². The van der Waals surface area contributed by atoms with Crippen molar-refractivity contribution >= 4 is 21.6 Å². The second-order valence-corrected chi connectivity index (χ2v) is 6.84. The number of sulfonamides is 1. The Hall–Kier alpha value is -1.60. The van der Waals surface area contributed by atoms with Gasteiger partial charge in [-0.3, -0.25) is 4.79 Å². The van der Waals surface area contributed by atoms with Crippen LogP contribution >= 0.6 is 0 Å². The van der Waals surface area contributed by atoms with Gasteiger partial charge < -0.3 is 11.1 Å². The molecule has 1 unspecified atom stereocenters. The summed E-state index contributed by atoms with van der Waals surface area (Å²) in [5.41, 5.74) is 7.55. The van der Waals surface area contributed by atoms with Gasteiger partial charge in [-0.05, 0) is 38.0 Å². The third-order valence-electron chi connectivity index (χ3n) is 3.72. The molecule has 110 valence electrons. The van der Waals surface area contributed by atoms with Gasteiger partial charge in [-0.2, -0.15) is 4.31 Å². The fraction of sp³-hybridized carbons (Fsp3) is 0.462. The van der Waals surface area contributed by atoms with E-state index in [9.17, 15) is 13.2 Å². The molecule has 20 heavy (non-hydrogen) atoms. The molecule has 0 spiro atoms. The van der Waals surface area contributed by atoms with Crippen LogP contribution in [0, 0.1) is 13.8 Å². The molecule has 2 rings (SSSR count). The highest BCUT2D eigenvalue weighted by Gasteiger charge is 2.37. The van der Waals surface area contributed by atoms with Gasteiger partial charge in [0.25, 0.3) is 0 Å². The number of rotatable bonds is 2. The summed E-state index contributed by atoms with van der Waals surface area (Å²) in [5.74, 6) is -0.288. The van der Waals surface area contributed by atoms with Crippen molar-refractivity contribution < 1.29 is 13.2 Å². The summed E-state index contributed by atoms with van der Waals surface area (Å²) in [5, 5.41) is 2.65. The number of carbonyl (C=O) groups excluding carboxylic acids is 1. The number of piperazine rings is 1. The zero-order valence-corrected chi connectivity index (χ0v) is 12.6. The molecular weight excluding hydrogens is 278 g/mol. The van der Waals surface area contributed by atoms with Crippen LogP contribution in [-0.2, 0) is 14.8 Å². The predicted molar refractivity (Wildman–Crippen MR) is 76.7 cm³/mol. The number of amides is 1. The molecule has 1 aliphatic heterocycles. The number of aryl methyl sites for hydroxylation is 1. The number of anilines is 1. The molecule has 1 aromatic carbocycles. The van der Waals surface area contributed by atoms with Crippen LogP contribution in [0.15, 0.2) is 17.0 Å². The van der Waals surface area contributed by atoms with E-state index in [-0.39, 0.29) is 23.0 Å². The molecule has 0 saturated carbocycles. The maximum Gasteiger partial charge on any atom is 0.246 e. The molecule has 0 aromatic heterocycles. The van der Waals surface area contributed by atoms with Crippen LogP contribution in [0.5, 0.6) is 0 Å². The van der Waals surface area contributed by atoms with Gasteiger partial charge in [0, 0.05) is 13.1 Å². The molecule has 6 nitrogen and oxygen atoms in total.